The van der Waals surface area contributed by atoms with Gasteiger partial charge in [-0.3, -0.25) is 0 Å². The second-order valence-corrected chi connectivity index (χ2v) is 6.63. The number of hydrogen-bond acceptors (Lipinski definition) is 4. The maximum Gasteiger partial charge on any atom is 0.573 e. The fourth-order valence-electron chi connectivity index (χ4n) is 1.89. The Morgan fingerprint density at radius 1 is 1.04 bits per heavy atom. The van der Waals surface area contributed by atoms with Gasteiger partial charge in [-0.1, -0.05) is 12.1 Å². The smallest absolute Gasteiger partial charge is 0.406 e. The second-order valence-electron chi connectivity index (χ2n) is 5.07. The largest absolute Gasteiger partial charge is 0.573 e. The molecule has 11 heteroatoms. The fourth-order valence-corrected chi connectivity index (χ4v) is 2.41. The zero-order chi connectivity index (χ0) is 19.4. The lowest BCUT2D eigenvalue weighted by Crippen LogP contribution is -2.28. The van der Waals surface area contributed by atoms with Gasteiger partial charge in [0, 0.05) is 12.2 Å². The summed E-state index contributed by atoms with van der Waals surface area (Å²) in [5.74, 6) is -0.404. The van der Waals surface area contributed by atoms with E-state index in [4.69, 9.17) is 5.14 Å². The van der Waals surface area contributed by atoms with Crippen LogP contribution in [0, 0.1) is 0 Å². The molecule has 0 aromatic heterocycles. The van der Waals surface area contributed by atoms with Gasteiger partial charge in [0.2, 0.25) is 10.0 Å². The van der Waals surface area contributed by atoms with Gasteiger partial charge in [0.15, 0.2) is 0 Å². The molecule has 0 heterocycles. The van der Waals surface area contributed by atoms with Crippen molar-refractivity contribution >= 4 is 21.7 Å². The number of carbonyl (C=O) groups is 1. The zero-order valence-electron chi connectivity index (χ0n) is 13.1. The van der Waals surface area contributed by atoms with Crippen molar-refractivity contribution in [3.8, 4) is 5.75 Å². The number of amides is 2. The summed E-state index contributed by atoms with van der Waals surface area (Å²) in [7, 11) is -3.79. The highest BCUT2D eigenvalue weighted by Crippen LogP contribution is 2.23. The van der Waals surface area contributed by atoms with Crippen LogP contribution in [-0.2, 0) is 16.6 Å². The van der Waals surface area contributed by atoms with Crippen LogP contribution in [0.25, 0.3) is 0 Å². The van der Waals surface area contributed by atoms with Crippen LogP contribution in [0.3, 0.4) is 0 Å². The highest BCUT2D eigenvalue weighted by Gasteiger charge is 2.30. The molecular formula is C15H14F3N3O4S. The molecule has 26 heavy (non-hydrogen) atoms. The number of halogens is 3. The third-order valence-electron chi connectivity index (χ3n) is 3.05. The molecule has 2 amide bonds. The number of nitrogens with one attached hydrogen (secondary N) is 2. The Balaban J connectivity index is 1.87. The van der Waals surface area contributed by atoms with Crippen molar-refractivity contribution in [1.82, 2.24) is 5.32 Å². The lowest BCUT2D eigenvalue weighted by Gasteiger charge is -2.10. The van der Waals surface area contributed by atoms with E-state index in [-0.39, 0.29) is 17.1 Å². The summed E-state index contributed by atoms with van der Waals surface area (Å²) in [6, 6.07) is 9.64. The maximum absolute atomic E-state index is 12.1. The predicted molar refractivity (Wildman–Crippen MR) is 86.8 cm³/mol. The van der Waals surface area contributed by atoms with Crippen LogP contribution in [-0.4, -0.2) is 20.8 Å². The number of nitrogens with two attached hydrogens (primary N) is 1. The van der Waals surface area contributed by atoms with E-state index >= 15 is 0 Å². The molecule has 0 aliphatic heterocycles. The van der Waals surface area contributed by atoms with Crippen LogP contribution in [0.2, 0.25) is 0 Å². The monoisotopic (exact) mass is 389 g/mol. The van der Waals surface area contributed by atoms with Gasteiger partial charge >= 0.3 is 12.4 Å². The van der Waals surface area contributed by atoms with E-state index in [1.807, 2.05) is 0 Å². The Hall–Kier alpha value is -2.79. The summed E-state index contributed by atoms with van der Waals surface area (Å²) in [6.07, 6.45) is -4.79. The average molecular weight is 389 g/mol. The normalized spacial score (nSPS) is 11.7. The summed E-state index contributed by atoms with van der Waals surface area (Å²) in [4.78, 5) is 11.7. The maximum atomic E-state index is 12.1. The van der Waals surface area contributed by atoms with Crippen LogP contribution < -0.4 is 20.5 Å². The lowest BCUT2D eigenvalue weighted by atomic mass is 10.2. The summed E-state index contributed by atoms with van der Waals surface area (Å²) < 4.78 is 62.2. The molecule has 0 spiro atoms. The molecule has 0 fully saturated rings. The quantitative estimate of drug-likeness (QED) is 0.730. The van der Waals surface area contributed by atoms with Gasteiger partial charge in [0.25, 0.3) is 0 Å². The van der Waals surface area contributed by atoms with Crippen molar-refractivity contribution in [3.05, 3.63) is 54.1 Å². The molecule has 2 aromatic carbocycles. The van der Waals surface area contributed by atoms with E-state index in [2.05, 4.69) is 15.4 Å². The van der Waals surface area contributed by atoms with Crippen LogP contribution in [0.4, 0.5) is 23.7 Å². The van der Waals surface area contributed by atoms with Gasteiger partial charge in [-0.05, 0) is 42.0 Å². The van der Waals surface area contributed by atoms with Crippen LogP contribution in [0.15, 0.2) is 53.4 Å². The molecule has 7 nitrogen and oxygen atoms in total. The summed E-state index contributed by atoms with van der Waals surface area (Å²) in [5, 5.41) is 9.93. The minimum atomic E-state index is -4.79. The number of benzene rings is 2. The van der Waals surface area contributed by atoms with Gasteiger partial charge in [-0.2, -0.15) is 0 Å². The molecule has 2 rings (SSSR count). The van der Waals surface area contributed by atoms with Gasteiger partial charge < -0.3 is 15.4 Å². The Morgan fingerprint density at radius 3 is 2.12 bits per heavy atom. The Morgan fingerprint density at radius 2 is 1.62 bits per heavy atom. The molecule has 0 saturated heterocycles. The number of carbonyl (C=O) groups excluding carboxylic acids is 1. The molecule has 0 atom stereocenters. The molecule has 2 aromatic rings. The van der Waals surface area contributed by atoms with Crippen molar-refractivity contribution < 1.29 is 31.1 Å². The zero-order valence-corrected chi connectivity index (χ0v) is 13.9. The summed E-state index contributed by atoms with van der Waals surface area (Å²) in [6.45, 7) is 0.103. The molecule has 0 aliphatic carbocycles. The van der Waals surface area contributed by atoms with Crippen molar-refractivity contribution in [2.24, 2.45) is 5.14 Å². The second kappa shape index (κ2) is 7.62. The van der Waals surface area contributed by atoms with E-state index in [0.29, 0.717) is 5.56 Å². The molecule has 140 valence electrons. The number of urea groups is 1. The van der Waals surface area contributed by atoms with E-state index in [1.165, 1.54) is 36.4 Å². The minimum absolute atomic E-state index is 0.0492. The number of sulfonamides is 1. The van der Waals surface area contributed by atoms with Crippen molar-refractivity contribution in [1.29, 1.82) is 0 Å². The van der Waals surface area contributed by atoms with Crippen LogP contribution >= 0.6 is 0 Å². The van der Waals surface area contributed by atoms with Crippen LogP contribution in [0.1, 0.15) is 5.56 Å². The van der Waals surface area contributed by atoms with Crippen molar-refractivity contribution in [3.63, 3.8) is 0 Å². The van der Waals surface area contributed by atoms with Gasteiger partial charge in [-0.25, -0.2) is 18.4 Å². The van der Waals surface area contributed by atoms with Gasteiger partial charge in [-0.15, -0.1) is 13.2 Å². The standard InChI is InChI=1S/C15H14F3N3O4S/c16-15(17,18)25-12-5-3-11(4-6-12)21-14(22)20-9-10-1-7-13(8-2-10)26(19,23)24/h1-8H,9H2,(H2,19,23,24)(H2,20,21,22). The SMILES string of the molecule is NS(=O)(=O)c1ccc(CNC(=O)Nc2ccc(OC(F)(F)F)cc2)cc1. The van der Waals surface area contributed by atoms with E-state index in [1.54, 1.807) is 0 Å². The molecule has 0 radical (unpaired) electrons. The minimum Gasteiger partial charge on any atom is -0.406 e. The third kappa shape index (κ3) is 6.26. The number of hydrogen-bond donors (Lipinski definition) is 3. The number of rotatable bonds is 5. The first kappa shape index (κ1) is 19.5. The van der Waals surface area contributed by atoms with Gasteiger partial charge in [0.05, 0.1) is 4.90 Å². The van der Waals surface area contributed by atoms with E-state index in [9.17, 15) is 26.4 Å². The molecule has 0 unspecified atom stereocenters. The molecule has 0 aliphatic rings. The van der Waals surface area contributed by atoms with Crippen molar-refractivity contribution in [2.75, 3.05) is 5.32 Å². The third-order valence-corrected chi connectivity index (χ3v) is 3.98. The average Bonchev–Trinajstić information content (AvgIpc) is 2.53. The molecule has 0 bridgehead atoms. The number of ether oxygens (including phenoxy) is 1. The van der Waals surface area contributed by atoms with Crippen LogP contribution in [0.5, 0.6) is 5.75 Å². The molecule has 4 N–H and O–H groups in total. The number of alkyl halides is 3. The molecule has 0 saturated carbocycles. The Kier molecular flexibility index (Phi) is 5.73. The van der Waals surface area contributed by atoms with Crippen molar-refractivity contribution in [2.45, 2.75) is 17.8 Å². The first-order chi connectivity index (χ1) is 12.0. The number of anilines is 1. The predicted octanol–water partition coefficient (Wildman–Crippen LogP) is 2.55. The summed E-state index contributed by atoms with van der Waals surface area (Å²) in [5.41, 5.74) is 0.892. The Labute approximate surface area is 147 Å². The first-order valence-electron chi connectivity index (χ1n) is 7.05. The first-order valence-corrected chi connectivity index (χ1v) is 8.60. The van der Waals surface area contributed by atoms with E-state index in [0.717, 1.165) is 12.1 Å². The lowest BCUT2D eigenvalue weighted by molar-refractivity contribution is -0.274. The highest BCUT2D eigenvalue weighted by atomic mass is 32.2. The Bertz CT molecular complexity index is 867. The van der Waals surface area contributed by atoms with Gasteiger partial charge in [0.1, 0.15) is 5.75 Å². The summed E-state index contributed by atoms with van der Waals surface area (Å²) >= 11 is 0. The topological polar surface area (TPSA) is 111 Å². The van der Waals surface area contributed by atoms with E-state index < -0.39 is 28.2 Å². The highest BCUT2D eigenvalue weighted by molar-refractivity contribution is 7.89. The fraction of sp³-hybridized carbons (Fsp3) is 0.133. The molecular weight excluding hydrogens is 375 g/mol. The number of primary sulfonamides is 1.